The number of aliphatic hydroxyl groups excluding tert-OH is 1. The van der Waals surface area contributed by atoms with Crippen LogP contribution in [0.5, 0.6) is 0 Å². The number of hydrogen-bond acceptors (Lipinski definition) is 14. The second-order valence-corrected chi connectivity index (χ2v) is 26.8. The van der Waals surface area contributed by atoms with Crippen molar-refractivity contribution in [3.8, 4) is 0 Å². The maximum Gasteiger partial charge on any atom is 0.246 e. The summed E-state index contributed by atoms with van der Waals surface area (Å²) in [7, 11) is 9.81. The largest absolute Gasteiger partial charge is 0.390 e. The molecule has 0 aromatic rings. The first-order valence-electron chi connectivity index (χ1n) is 31.8. The number of carbonyl (C=O) groups excluding carboxylic acids is 11. The van der Waals surface area contributed by atoms with Crippen molar-refractivity contribution in [2.75, 3.05) is 68.2 Å². The van der Waals surface area contributed by atoms with Crippen molar-refractivity contribution in [3.05, 3.63) is 12.2 Å². The minimum atomic E-state index is -1.63. The second-order valence-electron chi connectivity index (χ2n) is 26.4. The average molecular weight is 1280 g/mol. The van der Waals surface area contributed by atoms with Gasteiger partial charge in [0.2, 0.25) is 65.0 Å². The molecule has 1 heterocycles. The van der Waals surface area contributed by atoms with Gasteiger partial charge >= 0.3 is 0 Å². The Labute approximate surface area is 537 Å². The SMILES string of the molecule is C/C=C/C[C@@H](C)[C@@H](O)[C@@H]1C(=O)N[C@@H](CC)C(=O)N(C)CC(=O)N(C)[C@@H]([C@@H](C)OCCCCS)C(=O)N[C@@H](C(C)C)C(=O)N(C)[C@@H](CC(C)C)C(=O)N[C@@H](C)C(=O)N[C@H](C)C(=O)N(C)[C@@H](CC(C)C)C(=O)N(C)[C@@H](CC(C)C)C(=O)N(C)[C@@H](C(C)C)C(=O)N1C. The lowest BCUT2D eigenvalue weighted by Crippen LogP contribution is -2.63. The second kappa shape index (κ2) is 38.1. The number of unbranched alkanes of at least 4 members (excludes halogenated alkanes) is 1. The molecule has 0 aliphatic carbocycles. The van der Waals surface area contributed by atoms with E-state index >= 15 is 9.59 Å². The zero-order chi connectivity index (χ0) is 68.8. The first kappa shape index (κ1) is 81.2. The maximum absolute atomic E-state index is 15.2. The van der Waals surface area contributed by atoms with Crippen LogP contribution in [-0.2, 0) is 57.5 Å². The fourth-order valence-corrected chi connectivity index (χ4v) is 11.3. The molecule has 510 valence electrons. The van der Waals surface area contributed by atoms with Crippen LogP contribution in [0.4, 0.5) is 0 Å². The summed E-state index contributed by atoms with van der Waals surface area (Å²) in [6.45, 7) is 27.2. The van der Waals surface area contributed by atoms with Crippen LogP contribution in [0.25, 0.3) is 0 Å². The fourth-order valence-electron chi connectivity index (χ4n) is 11.0. The predicted octanol–water partition coefficient (Wildman–Crippen LogP) is 3.34. The average Bonchev–Trinajstić information content (AvgIpc) is 0.987. The van der Waals surface area contributed by atoms with Gasteiger partial charge in [0, 0.05) is 55.9 Å². The standard InChI is InChI=1S/C64H115N11O13S/c1-24-26-29-41(13)54(77)53-58(81)67-45(25-2)60(83)69(17)35-49(76)73(21)52(44(16)88-30-27-28-31-89)57(80)68-50(39(9)10)63(86)70(18)46(32-36(3)4)56(79)65-42(14)55(78)66-43(15)59(82)71(19)47(33-37(5)6)61(84)72(20)48(34-38(7)8)62(85)74(22)51(40(11)12)64(87)75(53)23/h24,26,36-48,50-54,77,89H,25,27-35H2,1-23H3,(H,65,79)(H,66,78)(H,67,81)(H,68,80)/b26-24+/t41-,42+,43-,44-,45+,46+,47+,48+,50+,51+,52+,53-,54-/m1/s1. The minimum absolute atomic E-state index is 0.00113. The van der Waals surface area contributed by atoms with Gasteiger partial charge in [-0.1, -0.05) is 95.2 Å². The number of ether oxygens (including phenoxy) is 1. The third-order valence-corrected chi connectivity index (χ3v) is 17.0. The highest BCUT2D eigenvalue weighted by Crippen LogP contribution is 2.26. The number of likely N-dealkylation sites (N-methyl/N-ethyl adjacent to an activating group) is 7. The monoisotopic (exact) mass is 1280 g/mol. The van der Waals surface area contributed by atoms with Gasteiger partial charge in [-0.2, -0.15) is 12.6 Å². The zero-order valence-electron chi connectivity index (χ0n) is 58.0. The highest BCUT2D eigenvalue weighted by Gasteiger charge is 2.46. The van der Waals surface area contributed by atoms with Crippen molar-refractivity contribution in [2.24, 2.45) is 35.5 Å². The molecule has 5 N–H and O–H groups in total. The lowest BCUT2D eigenvalue weighted by molar-refractivity contribution is -0.157. The van der Waals surface area contributed by atoms with E-state index in [-0.39, 0.29) is 50.0 Å². The Balaban J connectivity index is 4.38. The fraction of sp³-hybridized carbons (Fsp3) is 0.797. The Bertz CT molecular complexity index is 2410. The molecule has 24 nitrogen and oxygen atoms in total. The molecule has 1 saturated heterocycles. The number of rotatable bonds is 19. The molecule has 1 fully saturated rings. The highest BCUT2D eigenvalue weighted by molar-refractivity contribution is 7.80. The molecule has 11 amide bonds. The smallest absolute Gasteiger partial charge is 0.246 e. The molecule has 0 radical (unpaired) electrons. The van der Waals surface area contributed by atoms with Gasteiger partial charge in [0.05, 0.1) is 18.8 Å². The quantitative estimate of drug-likeness (QED) is 0.0616. The molecule has 13 atom stereocenters. The zero-order valence-corrected chi connectivity index (χ0v) is 58.9. The van der Waals surface area contributed by atoms with Crippen molar-refractivity contribution in [2.45, 2.75) is 228 Å². The number of carbonyl (C=O) groups is 11. The molecule has 25 heteroatoms. The van der Waals surface area contributed by atoms with Gasteiger partial charge in [-0.15, -0.1) is 0 Å². The summed E-state index contributed by atoms with van der Waals surface area (Å²) in [5.41, 5.74) is 0. The first-order chi connectivity index (χ1) is 41.3. The van der Waals surface area contributed by atoms with Crippen LogP contribution in [0.1, 0.15) is 156 Å². The van der Waals surface area contributed by atoms with Crippen molar-refractivity contribution < 1.29 is 62.6 Å². The van der Waals surface area contributed by atoms with Crippen LogP contribution >= 0.6 is 12.6 Å². The van der Waals surface area contributed by atoms with Gasteiger partial charge in [-0.05, 0) is 114 Å². The number of amides is 11. The van der Waals surface area contributed by atoms with Crippen LogP contribution < -0.4 is 21.3 Å². The topological polar surface area (TPSA) is 288 Å². The van der Waals surface area contributed by atoms with Crippen LogP contribution in [-0.4, -0.2) is 245 Å². The van der Waals surface area contributed by atoms with E-state index in [2.05, 4.69) is 33.9 Å². The van der Waals surface area contributed by atoms with Crippen molar-refractivity contribution >= 4 is 77.6 Å². The summed E-state index contributed by atoms with van der Waals surface area (Å²) in [4.78, 5) is 170. The third kappa shape index (κ3) is 23.4. The number of allylic oxidation sites excluding steroid dienone is 2. The van der Waals surface area contributed by atoms with E-state index in [1.165, 1.54) is 82.8 Å². The van der Waals surface area contributed by atoms with Crippen LogP contribution in [0, 0.1) is 35.5 Å². The van der Waals surface area contributed by atoms with Gasteiger partial charge in [-0.25, -0.2) is 0 Å². The molecule has 89 heavy (non-hydrogen) atoms. The van der Waals surface area contributed by atoms with E-state index in [4.69, 9.17) is 4.74 Å². The lowest BCUT2D eigenvalue weighted by atomic mass is 9.91. The minimum Gasteiger partial charge on any atom is -0.390 e. The van der Waals surface area contributed by atoms with E-state index in [1.54, 1.807) is 67.5 Å². The summed E-state index contributed by atoms with van der Waals surface area (Å²) in [5.74, 6) is -9.45. The number of thiol groups is 1. The molecular weight excluding hydrogens is 1160 g/mol. The Morgan fingerprint density at radius 2 is 1.00 bits per heavy atom. The molecule has 0 aromatic carbocycles. The normalized spacial score (nSPS) is 26.5. The highest BCUT2D eigenvalue weighted by atomic mass is 32.1. The van der Waals surface area contributed by atoms with Gasteiger partial charge in [0.15, 0.2) is 0 Å². The molecule has 0 bridgehead atoms. The van der Waals surface area contributed by atoms with E-state index in [0.717, 1.165) is 14.7 Å². The molecule has 0 aromatic heterocycles. The summed E-state index contributed by atoms with van der Waals surface area (Å²) in [6, 6.07) is -12.8. The third-order valence-electron chi connectivity index (χ3n) is 16.7. The van der Waals surface area contributed by atoms with E-state index in [9.17, 15) is 48.3 Å². The molecule has 1 aliphatic heterocycles. The summed E-state index contributed by atoms with van der Waals surface area (Å²) in [6.07, 6.45) is 3.09. The van der Waals surface area contributed by atoms with Gasteiger partial charge in [-0.3, -0.25) is 52.7 Å². The van der Waals surface area contributed by atoms with Crippen LogP contribution in [0.2, 0.25) is 0 Å². The Kier molecular flexibility index (Phi) is 34.8. The van der Waals surface area contributed by atoms with Gasteiger partial charge in [0.1, 0.15) is 60.4 Å². The van der Waals surface area contributed by atoms with Crippen molar-refractivity contribution in [1.29, 1.82) is 0 Å². The Morgan fingerprint density at radius 1 is 0.528 bits per heavy atom. The van der Waals surface area contributed by atoms with Crippen molar-refractivity contribution in [3.63, 3.8) is 0 Å². The van der Waals surface area contributed by atoms with Crippen LogP contribution in [0.15, 0.2) is 12.2 Å². The summed E-state index contributed by atoms with van der Waals surface area (Å²) >= 11 is 4.30. The van der Waals surface area contributed by atoms with E-state index in [1.807, 2.05) is 41.5 Å². The first-order valence-corrected chi connectivity index (χ1v) is 32.5. The number of hydrogen-bond donors (Lipinski definition) is 6. The van der Waals surface area contributed by atoms with E-state index < -0.39 is 162 Å². The number of aliphatic hydroxyl groups is 1. The number of nitrogens with one attached hydrogen (secondary N) is 4. The van der Waals surface area contributed by atoms with Crippen molar-refractivity contribution in [1.82, 2.24) is 55.6 Å². The molecule has 0 unspecified atom stereocenters. The maximum atomic E-state index is 15.2. The van der Waals surface area contributed by atoms with E-state index in [0.29, 0.717) is 25.0 Å². The van der Waals surface area contributed by atoms with Crippen LogP contribution in [0.3, 0.4) is 0 Å². The number of nitrogens with zero attached hydrogens (tertiary/aromatic N) is 7. The summed E-state index contributed by atoms with van der Waals surface area (Å²) in [5, 5.41) is 23.1. The van der Waals surface area contributed by atoms with Gasteiger partial charge < -0.3 is 65.4 Å². The van der Waals surface area contributed by atoms with Gasteiger partial charge in [0.25, 0.3) is 0 Å². The Morgan fingerprint density at radius 3 is 1.48 bits per heavy atom. The molecule has 0 spiro atoms. The molecular formula is C64H115N11O13S. The Hall–Kier alpha value is -5.82. The molecule has 1 rings (SSSR count). The summed E-state index contributed by atoms with van der Waals surface area (Å²) < 4.78 is 6.14. The molecule has 1 aliphatic rings. The predicted molar refractivity (Wildman–Crippen MR) is 347 cm³/mol. The lowest BCUT2D eigenvalue weighted by Gasteiger charge is -2.41. The molecule has 0 saturated carbocycles.